The van der Waals surface area contributed by atoms with E-state index in [1.165, 1.54) is 16.7 Å². The molecule has 0 spiro atoms. The maximum atomic E-state index is 5.78. The van der Waals surface area contributed by atoms with E-state index in [-0.39, 0.29) is 4.83 Å². The smallest absolute Gasteiger partial charge is 0.196 e. The maximum Gasteiger partial charge on any atom is 0.196 e. The Hall–Kier alpha value is -1.61. The normalized spacial score (nSPS) is 12.8. The molecule has 20 heavy (non-hydrogen) atoms. The minimum atomic E-state index is 0.219. The predicted octanol–water partition coefficient (Wildman–Crippen LogP) is 5.12. The largest absolute Gasteiger partial charge is 0.441 e. The number of aryl methyl sites for hydroxylation is 2. The van der Waals surface area contributed by atoms with Crippen LogP contribution in [0.1, 0.15) is 27.4 Å². The summed E-state index contributed by atoms with van der Waals surface area (Å²) in [6.07, 6.45) is 0.749. The zero-order chi connectivity index (χ0) is 14.1. The van der Waals surface area contributed by atoms with Gasteiger partial charge < -0.3 is 4.42 Å². The van der Waals surface area contributed by atoms with Gasteiger partial charge in [-0.2, -0.15) is 0 Å². The van der Waals surface area contributed by atoms with Gasteiger partial charge in [-0.05, 0) is 37.1 Å². The van der Waals surface area contributed by atoms with E-state index in [0.717, 1.165) is 23.4 Å². The van der Waals surface area contributed by atoms with Crippen LogP contribution < -0.4 is 0 Å². The summed E-state index contributed by atoms with van der Waals surface area (Å²) in [7, 11) is 0. The van der Waals surface area contributed by atoms with Crippen molar-refractivity contribution in [1.29, 1.82) is 0 Å². The van der Waals surface area contributed by atoms with Crippen LogP contribution >= 0.6 is 15.9 Å². The van der Waals surface area contributed by atoms with Crippen molar-refractivity contribution in [3.63, 3.8) is 0 Å². The molecule has 0 fully saturated rings. The highest BCUT2D eigenvalue weighted by Crippen LogP contribution is 2.30. The zero-order valence-corrected chi connectivity index (χ0v) is 13.1. The molecule has 1 atom stereocenters. The summed E-state index contributed by atoms with van der Waals surface area (Å²) in [6, 6.07) is 14.4. The van der Waals surface area contributed by atoms with Gasteiger partial charge in [0.25, 0.3) is 0 Å². The van der Waals surface area contributed by atoms with E-state index in [1.807, 2.05) is 24.3 Å². The van der Waals surface area contributed by atoms with Gasteiger partial charge in [-0.1, -0.05) is 51.8 Å². The number of para-hydroxylation sites is 2. The second-order valence-corrected chi connectivity index (χ2v) is 6.21. The summed E-state index contributed by atoms with van der Waals surface area (Å²) in [6.45, 7) is 4.25. The van der Waals surface area contributed by atoms with Gasteiger partial charge in [0.2, 0.25) is 0 Å². The number of hydrogen-bond donors (Lipinski definition) is 0. The molecule has 3 heteroatoms. The lowest BCUT2D eigenvalue weighted by atomic mass is 10.0. The van der Waals surface area contributed by atoms with Crippen molar-refractivity contribution in [2.45, 2.75) is 25.1 Å². The topological polar surface area (TPSA) is 26.0 Å². The van der Waals surface area contributed by atoms with Gasteiger partial charge in [0, 0.05) is 11.2 Å². The Bertz CT molecular complexity index is 715. The average Bonchev–Trinajstić information content (AvgIpc) is 2.80. The van der Waals surface area contributed by atoms with Gasteiger partial charge in [-0.25, -0.2) is 4.98 Å². The summed E-state index contributed by atoms with van der Waals surface area (Å²) >= 11 is 3.76. The first-order valence-corrected chi connectivity index (χ1v) is 7.61. The maximum absolute atomic E-state index is 5.78. The highest BCUT2D eigenvalue weighted by atomic mass is 79.9. The van der Waals surface area contributed by atoms with Gasteiger partial charge in [0.1, 0.15) is 5.52 Å². The summed E-state index contributed by atoms with van der Waals surface area (Å²) in [5.74, 6) is 0.771. The Labute approximate surface area is 127 Å². The van der Waals surface area contributed by atoms with Crippen LogP contribution in [0.5, 0.6) is 0 Å². The molecule has 0 aliphatic heterocycles. The monoisotopic (exact) mass is 329 g/mol. The molecule has 0 aliphatic carbocycles. The highest BCUT2D eigenvalue weighted by Gasteiger charge is 2.15. The first-order chi connectivity index (χ1) is 9.63. The summed E-state index contributed by atoms with van der Waals surface area (Å²) < 4.78 is 5.78. The van der Waals surface area contributed by atoms with Gasteiger partial charge in [0.05, 0.1) is 0 Å². The van der Waals surface area contributed by atoms with Crippen molar-refractivity contribution in [1.82, 2.24) is 4.98 Å². The molecule has 2 nitrogen and oxygen atoms in total. The molecule has 0 bridgehead atoms. The molecule has 0 amide bonds. The number of hydrogen-bond acceptors (Lipinski definition) is 2. The quantitative estimate of drug-likeness (QED) is 0.623. The van der Waals surface area contributed by atoms with Crippen molar-refractivity contribution in [3.8, 4) is 0 Å². The lowest BCUT2D eigenvalue weighted by Crippen LogP contribution is -1.98. The van der Waals surface area contributed by atoms with Crippen molar-refractivity contribution in [2.75, 3.05) is 0 Å². The molecule has 3 aromatic rings. The number of alkyl halides is 1. The average molecular weight is 330 g/mol. The Morgan fingerprint density at radius 2 is 1.95 bits per heavy atom. The van der Waals surface area contributed by atoms with E-state index < -0.39 is 0 Å². The van der Waals surface area contributed by atoms with Crippen molar-refractivity contribution in [2.24, 2.45) is 0 Å². The van der Waals surface area contributed by atoms with Gasteiger partial charge in [-0.15, -0.1) is 0 Å². The molecular weight excluding hydrogens is 314 g/mol. The lowest BCUT2D eigenvalue weighted by molar-refractivity contribution is 0.527. The third-order valence-electron chi connectivity index (χ3n) is 3.45. The standard InChI is InChI=1S/C17H16BrNO/c1-11-7-8-13(12(2)9-11)14(18)10-17-19-15-5-3-4-6-16(15)20-17/h3-9,14H,10H2,1-2H3. The summed E-state index contributed by atoms with van der Waals surface area (Å²) in [5, 5.41) is 0. The van der Waals surface area contributed by atoms with Crippen LogP contribution in [0, 0.1) is 13.8 Å². The molecular formula is C17H16BrNO. The molecule has 0 N–H and O–H groups in total. The van der Waals surface area contributed by atoms with Crippen LogP contribution in [-0.4, -0.2) is 4.98 Å². The van der Waals surface area contributed by atoms with E-state index >= 15 is 0 Å². The fourth-order valence-electron chi connectivity index (χ4n) is 2.45. The number of oxazole rings is 1. The van der Waals surface area contributed by atoms with Gasteiger partial charge in [0.15, 0.2) is 11.5 Å². The predicted molar refractivity (Wildman–Crippen MR) is 85.3 cm³/mol. The zero-order valence-electron chi connectivity index (χ0n) is 11.6. The van der Waals surface area contributed by atoms with E-state index in [4.69, 9.17) is 4.42 Å². The number of nitrogens with zero attached hydrogens (tertiary/aromatic N) is 1. The molecule has 1 heterocycles. The van der Waals surface area contributed by atoms with Crippen LogP contribution in [-0.2, 0) is 6.42 Å². The number of rotatable bonds is 3. The highest BCUT2D eigenvalue weighted by molar-refractivity contribution is 9.09. The van der Waals surface area contributed by atoms with Crippen LogP contribution in [0.15, 0.2) is 46.9 Å². The minimum absolute atomic E-state index is 0.219. The molecule has 1 aromatic heterocycles. The number of aromatic nitrogens is 1. The van der Waals surface area contributed by atoms with Crippen LogP contribution in [0.3, 0.4) is 0 Å². The van der Waals surface area contributed by atoms with Gasteiger partial charge >= 0.3 is 0 Å². The Morgan fingerprint density at radius 1 is 1.15 bits per heavy atom. The second-order valence-electron chi connectivity index (χ2n) is 5.11. The Balaban J connectivity index is 1.86. The van der Waals surface area contributed by atoms with E-state index in [0.29, 0.717) is 0 Å². The summed E-state index contributed by atoms with van der Waals surface area (Å²) in [5.41, 5.74) is 5.64. The molecule has 0 saturated carbocycles. The Kier molecular flexibility index (Phi) is 3.62. The Morgan fingerprint density at radius 3 is 2.70 bits per heavy atom. The first-order valence-electron chi connectivity index (χ1n) is 6.69. The summed E-state index contributed by atoms with van der Waals surface area (Å²) in [4.78, 5) is 4.75. The molecule has 0 aliphatic rings. The van der Waals surface area contributed by atoms with Crippen molar-refractivity contribution >= 4 is 27.0 Å². The van der Waals surface area contributed by atoms with Crippen LogP contribution in [0.25, 0.3) is 11.1 Å². The van der Waals surface area contributed by atoms with Gasteiger partial charge in [-0.3, -0.25) is 0 Å². The number of benzene rings is 2. The van der Waals surface area contributed by atoms with Crippen LogP contribution in [0.2, 0.25) is 0 Å². The first kappa shape index (κ1) is 13.4. The van der Waals surface area contributed by atoms with Crippen molar-refractivity contribution < 1.29 is 4.42 Å². The number of fused-ring (bicyclic) bond motifs is 1. The lowest BCUT2D eigenvalue weighted by Gasteiger charge is -2.12. The SMILES string of the molecule is Cc1ccc(C(Br)Cc2nc3ccccc3o2)c(C)c1. The fraction of sp³-hybridized carbons (Fsp3) is 0.235. The molecule has 0 saturated heterocycles. The third-order valence-corrected chi connectivity index (χ3v) is 4.27. The second kappa shape index (κ2) is 5.41. The third kappa shape index (κ3) is 2.63. The molecule has 3 rings (SSSR count). The number of halogens is 1. The van der Waals surface area contributed by atoms with Crippen LogP contribution in [0.4, 0.5) is 0 Å². The van der Waals surface area contributed by atoms with E-state index in [2.05, 4.69) is 53.0 Å². The minimum Gasteiger partial charge on any atom is -0.441 e. The van der Waals surface area contributed by atoms with Crippen molar-refractivity contribution in [3.05, 3.63) is 65.0 Å². The molecule has 0 radical (unpaired) electrons. The van der Waals surface area contributed by atoms with E-state index in [1.54, 1.807) is 0 Å². The fourth-order valence-corrected chi connectivity index (χ4v) is 3.24. The molecule has 102 valence electrons. The molecule has 1 unspecified atom stereocenters. The molecule has 2 aromatic carbocycles. The van der Waals surface area contributed by atoms with E-state index in [9.17, 15) is 0 Å².